The number of allylic oxidation sites excluding steroid dienone is 5. The molecule has 158 valence electrons. The van der Waals surface area contributed by atoms with Crippen molar-refractivity contribution in [1.29, 1.82) is 0 Å². The number of carbonyl (C=O) groups is 1. The highest BCUT2D eigenvalue weighted by Crippen LogP contribution is 2.26. The molecule has 0 atom stereocenters. The Hall–Kier alpha value is -3.93. The van der Waals surface area contributed by atoms with Gasteiger partial charge >= 0.3 is 0 Å². The predicted octanol–water partition coefficient (Wildman–Crippen LogP) is 5.31. The third-order valence-electron chi connectivity index (χ3n) is 4.54. The molecule has 0 spiro atoms. The van der Waals surface area contributed by atoms with Gasteiger partial charge in [-0.2, -0.15) is 0 Å². The number of rotatable bonds is 7. The maximum Gasteiger partial charge on any atom is 0.252 e. The number of fused-ring (bicyclic) bond motifs is 1. The average molecular weight is 415 g/mol. The van der Waals surface area contributed by atoms with Gasteiger partial charge in [-0.1, -0.05) is 30.4 Å². The van der Waals surface area contributed by atoms with Gasteiger partial charge in [-0.15, -0.1) is 0 Å². The van der Waals surface area contributed by atoms with E-state index in [2.05, 4.69) is 15.3 Å². The fraction of sp³-hybridized carbons (Fsp3) is 0.160. The van der Waals surface area contributed by atoms with E-state index in [-0.39, 0.29) is 11.7 Å². The van der Waals surface area contributed by atoms with Crippen molar-refractivity contribution in [2.24, 2.45) is 4.99 Å². The summed E-state index contributed by atoms with van der Waals surface area (Å²) in [7, 11) is 0. The van der Waals surface area contributed by atoms with Crippen molar-refractivity contribution >= 4 is 23.2 Å². The van der Waals surface area contributed by atoms with Crippen LogP contribution in [0.15, 0.2) is 87.4 Å². The standard InChI is InChI=1S/C25H25N3O3/c1-4-6-7-17(3)26-16-19(5-2)24(30)27-15-18-8-10-20(11-9-18)25-28-22-14-21(29)12-13-23(22)31-25/h4-14,16,29H,15H2,1-3H3,(H,27,30)/b6-4-,17-7+,19-5+,26-16-. The summed E-state index contributed by atoms with van der Waals surface area (Å²) in [4.78, 5) is 21.1. The molecule has 0 aliphatic carbocycles. The van der Waals surface area contributed by atoms with Gasteiger partial charge in [-0.25, -0.2) is 4.98 Å². The monoisotopic (exact) mass is 415 g/mol. The lowest BCUT2D eigenvalue weighted by Gasteiger charge is -2.06. The van der Waals surface area contributed by atoms with E-state index in [1.807, 2.05) is 56.3 Å². The van der Waals surface area contributed by atoms with E-state index in [4.69, 9.17) is 4.42 Å². The maximum atomic E-state index is 12.4. The van der Waals surface area contributed by atoms with Crippen LogP contribution in [0.2, 0.25) is 0 Å². The summed E-state index contributed by atoms with van der Waals surface area (Å²) in [6.45, 7) is 6.01. The minimum Gasteiger partial charge on any atom is -0.508 e. The molecule has 0 unspecified atom stereocenters. The average Bonchev–Trinajstić information content (AvgIpc) is 3.20. The SMILES string of the molecule is C\C=C/C=C(C)/N=C\C(=C/C)C(=O)NCc1ccc(-c2nc3cc(O)ccc3o2)cc1. The maximum absolute atomic E-state index is 12.4. The first-order valence-corrected chi connectivity index (χ1v) is 9.97. The number of phenols is 1. The number of phenolic OH excluding ortho intramolecular Hbond substituents is 1. The zero-order valence-corrected chi connectivity index (χ0v) is 17.8. The van der Waals surface area contributed by atoms with Crippen LogP contribution in [0, 0.1) is 0 Å². The first-order valence-electron chi connectivity index (χ1n) is 9.97. The molecule has 1 heterocycles. The normalized spacial score (nSPS) is 12.9. The van der Waals surface area contributed by atoms with E-state index in [0.29, 0.717) is 29.1 Å². The summed E-state index contributed by atoms with van der Waals surface area (Å²) in [5.41, 5.74) is 4.29. The smallest absolute Gasteiger partial charge is 0.252 e. The number of aromatic nitrogens is 1. The second kappa shape index (κ2) is 10.2. The van der Waals surface area contributed by atoms with Crippen LogP contribution in [0.5, 0.6) is 5.75 Å². The summed E-state index contributed by atoms with van der Waals surface area (Å²) in [6.07, 6.45) is 9.00. The molecule has 0 saturated carbocycles. The number of nitrogens with zero attached hydrogens (tertiary/aromatic N) is 2. The van der Waals surface area contributed by atoms with E-state index in [1.54, 1.807) is 37.4 Å². The van der Waals surface area contributed by atoms with Gasteiger partial charge < -0.3 is 14.8 Å². The van der Waals surface area contributed by atoms with E-state index in [1.165, 1.54) is 0 Å². The first-order chi connectivity index (χ1) is 15.0. The number of aliphatic imine (C=N–C) groups is 1. The zero-order chi connectivity index (χ0) is 22.2. The molecule has 0 aliphatic rings. The van der Waals surface area contributed by atoms with E-state index in [9.17, 15) is 9.90 Å². The molecule has 2 N–H and O–H groups in total. The van der Waals surface area contributed by atoms with Crippen LogP contribution in [0.4, 0.5) is 0 Å². The lowest BCUT2D eigenvalue weighted by Crippen LogP contribution is -2.25. The lowest BCUT2D eigenvalue weighted by molar-refractivity contribution is -0.117. The molecule has 0 aliphatic heterocycles. The van der Waals surface area contributed by atoms with E-state index >= 15 is 0 Å². The highest BCUT2D eigenvalue weighted by molar-refractivity contribution is 6.12. The Morgan fingerprint density at radius 3 is 2.68 bits per heavy atom. The van der Waals surface area contributed by atoms with E-state index < -0.39 is 0 Å². The van der Waals surface area contributed by atoms with Crippen LogP contribution < -0.4 is 5.32 Å². The van der Waals surface area contributed by atoms with Crippen LogP contribution in [0.3, 0.4) is 0 Å². The number of nitrogens with one attached hydrogen (secondary N) is 1. The number of carbonyl (C=O) groups excluding carboxylic acids is 1. The Bertz CT molecular complexity index is 1180. The number of hydrogen-bond acceptors (Lipinski definition) is 5. The topological polar surface area (TPSA) is 87.7 Å². The predicted molar refractivity (Wildman–Crippen MR) is 124 cm³/mol. The number of aromatic hydroxyl groups is 1. The summed E-state index contributed by atoms with van der Waals surface area (Å²) in [6, 6.07) is 12.4. The van der Waals surface area contributed by atoms with Gasteiger partial charge in [0.05, 0.1) is 5.57 Å². The number of amides is 1. The van der Waals surface area contributed by atoms with Gasteiger partial charge in [-0.05, 0) is 56.7 Å². The molecule has 0 saturated heterocycles. The molecular formula is C25H25N3O3. The van der Waals surface area contributed by atoms with Gasteiger partial charge in [0, 0.05) is 30.1 Å². The third kappa shape index (κ3) is 5.79. The molecule has 0 bridgehead atoms. The molecule has 1 aromatic heterocycles. The summed E-state index contributed by atoms with van der Waals surface area (Å²) in [5.74, 6) is 0.436. The minimum absolute atomic E-state index is 0.146. The summed E-state index contributed by atoms with van der Waals surface area (Å²) in [5, 5.41) is 12.5. The molecule has 3 rings (SSSR count). The Labute approximate surface area is 181 Å². The summed E-state index contributed by atoms with van der Waals surface area (Å²) >= 11 is 0. The Kier molecular flexibility index (Phi) is 7.17. The van der Waals surface area contributed by atoms with Gasteiger partial charge in [0.15, 0.2) is 5.58 Å². The fourth-order valence-corrected chi connectivity index (χ4v) is 2.80. The summed E-state index contributed by atoms with van der Waals surface area (Å²) < 4.78 is 5.74. The molecule has 0 fully saturated rings. The molecule has 3 aromatic rings. The molecule has 0 radical (unpaired) electrons. The Morgan fingerprint density at radius 1 is 1.19 bits per heavy atom. The highest BCUT2D eigenvalue weighted by atomic mass is 16.3. The number of hydrogen-bond donors (Lipinski definition) is 2. The van der Waals surface area contributed by atoms with Crippen LogP contribution in [-0.2, 0) is 11.3 Å². The first kappa shape index (κ1) is 21.8. The number of oxazole rings is 1. The van der Waals surface area contributed by atoms with E-state index in [0.717, 1.165) is 16.8 Å². The zero-order valence-electron chi connectivity index (χ0n) is 17.8. The Morgan fingerprint density at radius 2 is 1.97 bits per heavy atom. The van der Waals surface area contributed by atoms with Gasteiger partial charge in [-0.3, -0.25) is 9.79 Å². The fourth-order valence-electron chi connectivity index (χ4n) is 2.80. The van der Waals surface area contributed by atoms with Crippen molar-refractivity contribution < 1.29 is 14.3 Å². The Balaban J connectivity index is 1.62. The number of benzene rings is 2. The second-order valence-corrected chi connectivity index (χ2v) is 6.89. The molecular weight excluding hydrogens is 390 g/mol. The minimum atomic E-state index is -0.187. The molecule has 2 aromatic carbocycles. The van der Waals surface area contributed by atoms with Crippen LogP contribution in [-0.4, -0.2) is 22.2 Å². The van der Waals surface area contributed by atoms with Crippen molar-refractivity contribution in [3.05, 3.63) is 83.6 Å². The highest BCUT2D eigenvalue weighted by Gasteiger charge is 2.10. The molecule has 6 heteroatoms. The van der Waals surface area contributed by atoms with Crippen molar-refractivity contribution in [3.8, 4) is 17.2 Å². The molecule has 6 nitrogen and oxygen atoms in total. The largest absolute Gasteiger partial charge is 0.508 e. The van der Waals surface area contributed by atoms with Crippen molar-refractivity contribution in [2.45, 2.75) is 27.3 Å². The van der Waals surface area contributed by atoms with Crippen molar-refractivity contribution in [3.63, 3.8) is 0 Å². The van der Waals surface area contributed by atoms with Gasteiger partial charge in [0.2, 0.25) is 5.89 Å². The van der Waals surface area contributed by atoms with Gasteiger partial charge in [0.25, 0.3) is 5.91 Å². The van der Waals surface area contributed by atoms with Crippen LogP contribution in [0.25, 0.3) is 22.6 Å². The molecule has 31 heavy (non-hydrogen) atoms. The van der Waals surface area contributed by atoms with Crippen LogP contribution >= 0.6 is 0 Å². The molecule has 1 amide bonds. The van der Waals surface area contributed by atoms with Crippen molar-refractivity contribution in [2.75, 3.05) is 0 Å². The second-order valence-electron chi connectivity index (χ2n) is 6.89. The quantitative estimate of drug-likeness (QED) is 0.311. The van der Waals surface area contributed by atoms with Gasteiger partial charge in [0.1, 0.15) is 11.3 Å². The van der Waals surface area contributed by atoms with Crippen LogP contribution in [0.1, 0.15) is 26.3 Å². The van der Waals surface area contributed by atoms with Crippen molar-refractivity contribution in [1.82, 2.24) is 10.3 Å². The third-order valence-corrected chi connectivity index (χ3v) is 4.54. The lowest BCUT2D eigenvalue weighted by atomic mass is 10.1.